The molecular weight excluding hydrogens is 502 g/mol. The van der Waals surface area contributed by atoms with Crippen molar-refractivity contribution in [1.29, 1.82) is 0 Å². The van der Waals surface area contributed by atoms with Crippen LogP contribution >= 0.6 is 0 Å². The van der Waals surface area contributed by atoms with Gasteiger partial charge < -0.3 is 19.5 Å². The van der Waals surface area contributed by atoms with E-state index in [4.69, 9.17) is 9.47 Å². The molecule has 2 aliphatic heterocycles. The third-order valence-electron chi connectivity index (χ3n) is 7.33. The lowest BCUT2D eigenvalue weighted by molar-refractivity contribution is -0.140. The largest absolute Gasteiger partial charge is 0.507 e. The van der Waals surface area contributed by atoms with Crippen LogP contribution in [0.25, 0.3) is 5.76 Å². The number of ketones is 1. The Bertz CT molecular complexity index is 1600. The summed E-state index contributed by atoms with van der Waals surface area (Å²) in [5.74, 6) is -0.177. The van der Waals surface area contributed by atoms with E-state index in [0.29, 0.717) is 29.9 Å². The van der Waals surface area contributed by atoms with Gasteiger partial charge in [0.25, 0.3) is 11.7 Å². The summed E-state index contributed by atoms with van der Waals surface area (Å²) in [7, 11) is 0. The maximum atomic E-state index is 13.5. The molecule has 0 bridgehead atoms. The SMILES string of the molecule is C[C@@H]1Cc2cc(/C(O)=C3\C(=O)C(=O)N(Cc4ccccc4)[C@H]3c3cccc(OCc4ccccc4)c3)ccc2O1. The number of likely N-dealkylation sites (tertiary alicyclic amines) is 1. The van der Waals surface area contributed by atoms with Gasteiger partial charge in [-0.2, -0.15) is 0 Å². The van der Waals surface area contributed by atoms with E-state index in [1.165, 1.54) is 4.90 Å². The Morgan fingerprint density at radius 2 is 1.62 bits per heavy atom. The van der Waals surface area contributed by atoms with Crippen molar-refractivity contribution in [2.24, 2.45) is 0 Å². The summed E-state index contributed by atoms with van der Waals surface area (Å²) in [6, 6.07) is 31.3. The summed E-state index contributed by atoms with van der Waals surface area (Å²) >= 11 is 0. The van der Waals surface area contributed by atoms with Gasteiger partial charge in [0.15, 0.2) is 0 Å². The smallest absolute Gasteiger partial charge is 0.295 e. The maximum Gasteiger partial charge on any atom is 0.295 e. The van der Waals surface area contributed by atoms with Crippen molar-refractivity contribution in [3.8, 4) is 11.5 Å². The molecule has 4 aromatic rings. The lowest BCUT2D eigenvalue weighted by Crippen LogP contribution is -2.29. The van der Waals surface area contributed by atoms with Crippen LogP contribution in [0.1, 0.15) is 40.8 Å². The molecule has 2 aliphatic rings. The van der Waals surface area contributed by atoms with E-state index >= 15 is 0 Å². The normalized spacial score (nSPS) is 19.4. The van der Waals surface area contributed by atoms with E-state index in [1.807, 2.05) is 97.9 Å². The monoisotopic (exact) mass is 531 g/mol. The highest BCUT2D eigenvalue weighted by atomic mass is 16.5. The van der Waals surface area contributed by atoms with Crippen molar-refractivity contribution in [2.45, 2.75) is 38.6 Å². The van der Waals surface area contributed by atoms with Crippen molar-refractivity contribution in [3.63, 3.8) is 0 Å². The van der Waals surface area contributed by atoms with Gasteiger partial charge in [-0.15, -0.1) is 0 Å². The van der Waals surface area contributed by atoms with Crippen molar-refractivity contribution >= 4 is 17.4 Å². The number of rotatable bonds is 7. The number of benzene rings is 4. The van der Waals surface area contributed by atoms with Crippen molar-refractivity contribution in [1.82, 2.24) is 4.90 Å². The summed E-state index contributed by atoms with van der Waals surface area (Å²) in [5.41, 5.74) is 4.10. The highest BCUT2D eigenvalue weighted by Gasteiger charge is 2.46. The molecule has 0 aliphatic carbocycles. The first kappa shape index (κ1) is 25.4. The number of nitrogens with zero attached hydrogens (tertiary/aromatic N) is 1. The molecule has 0 aromatic heterocycles. The Morgan fingerprint density at radius 3 is 2.38 bits per heavy atom. The molecule has 1 saturated heterocycles. The number of ether oxygens (including phenoxy) is 2. The number of carbonyl (C=O) groups excluding carboxylic acids is 2. The Morgan fingerprint density at radius 1 is 0.900 bits per heavy atom. The zero-order valence-electron chi connectivity index (χ0n) is 22.1. The standard InChI is InChI=1S/C34H29NO5/c1-22-17-27-18-26(15-16-29(27)40-22)32(36)30-31(35(34(38)33(30)37)20-23-9-4-2-5-10-23)25-13-8-14-28(19-25)39-21-24-11-6-3-7-12-24/h2-16,18-19,22,31,36H,17,20-21H2,1H3/b32-30+/t22-,31+/m1/s1. The third-order valence-corrected chi connectivity index (χ3v) is 7.33. The molecule has 2 heterocycles. The molecule has 0 unspecified atom stereocenters. The molecule has 0 saturated carbocycles. The lowest BCUT2D eigenvalue weighted by atomic mass is 9.94. The molecule has 1 fully saturated rings. The van der Waals surface area contributed by atoms with Gasteiger partial charge in [-0.05, 0) is 59.5 Å². The fourth-order valence-electron chi connectivity index (χ4n) is 5.41. The minimum Gasteiger partial charge on any atom is -0.507 e. The number of hydrogen-bond donors (Lipinski definition) is 1. The van der Waals surface area contributed by atoms with Gasteiger partial charge in [0.1, 0.15) is 30.0 Å². The van der Waals surface area contributed by atoms with Crippen LogP contribution in [0, 0.1) is 0 Å². The molecule has 0 spiro atoms. The predicted octanol–water partition coefficient (Wildman–Crippen LogP) is 6.21. The van der Waals surface area contributed by atoms with Gasteiger partial charge >= 0.3 is 0 Å². The quantitative estimate of drug-likeness (QED) is 0.174. The number of fused-ring (bicyclic) bond motifs is 1. The number of aliphatic hydroxyl groups excluding tert-OH is 1. The number of carbonyl (C=O) groups is 2. The first-order valence-electron chi connectivity index (χ1n) is 13.4. The zero-order chi connectivity index (χ0) is 27.6. The van der Waals surface area contributed by atoms with Crippen LogP contribution in [0.2, 0.25) is 0 Å². The molecule has 0 radical (unpaired) electrons. The average Bonchev–Trinajstić information content (AvgIpc) is 3.48. The van der Waals surface area contributed by atoms with Crippen molar-refractivity contribution in [2.75, 3.05) is 0 Å². The maximum absolute atomic E-state index is 13.5. The molecule has 2 atom stereocenters. The molecule has 200 valence electrons. The summed E-state index contributed by atoms with van der Waals surface area (Å²) in [6.07, 6.45) is 0.755. The number of amides is 1. The first-order chi connectivity index (χ1) is 19.5. The molecule has 1 N–H and O–H groups in total. The minimum absolute atomic E-state index is 0.0440. The van der Waals surface area contributed by atoms with Crippen LogP contribution in [-0.2, 0) is 29.2 Å². The molecule has 4 aromatic carbocycles. The second kappa shape index (κ2) is 10.7. The van der Waals surface area contributed by atoms with Crippen LogP contribution in [0.4, 0.5) is 0 Å². The van der Waals surface area contributed by atoms with Gasteiger partial charge in [-0.3, -0.25) is 9.59 Å². The second-order valence-corrected chi connectivity index (χ2v) is 10.2. The van der Waals surface area contributed by atoms with E-state index in [1.54, 1.807) is 12.1 Å². The van der Waals surface area contributed by atoms with Gasteiger partial charge in [-0.1, -0.05) is 72.8 Å². The van der Waals surface area contributed by atoms with E-state index in [0.717, 1.165) is 22.4 Å². The summed E-state index contributed by atoms with van der Waals surface area (Å²) < 4.78 is 11.9. The fourth-order valence-corrected chi connectivity index (χ4v) is 5.41. The van der Waals surface area contributed by atoms with Crippen molar-refractivity contribution in [3.05, 3.63) is 137 Å². The highest BCUT2D eigenvalue weighted by molar-refractivity contribution is 6.46. The molecular formula is C34H29NO5. The average molecular weight is 532 g/mol. The van der Waals surface area contributed by atoms with E-state index in [2.05, 4.69) is 0 Å². The first-order valence-corrected chi connectivity index (χ1v) is 13.4. The van der Waals surface area contributed by atoms with Gasteiger partial charge in [0, 0.05) is 18.5 Å². The van der Waals surface area contributed by atoms with E-state index in [-0.39, 0.29) is 24.0 Å². The third kappa shape index (κ3) is 4.96. The topological polar surface area (TPSA) is 76.1 Å². The molecule has 6 nitrogen and oxygen atoms in total. The van der Waals surface area contributed by atoms with Crippen LogP contribution in [0.5, 0.6) is 11.5 Å². The fraction of sp³-hybridized carbons (Fsp3) is 0.176. The molecule has 6 heteroatoms. The molecule has 1 amide bonds. The summed E-state index contributed by atoms with van der Waals surface area (Å²) in [4.78, 5) is 28.5. The molecule has 40 heavy (non-hydrogen) atoms. The summed E-state index contributed by atoms with van der Waals surface area (Å²) in [5, 5.41) is 11.6. The Kier molecular flexibility index (Phi) is 6.83. The second-order valence-electron chi connectivity index (χ2n) is 10.2. The minimum atomic E-state index is -0.788. The van der Waals surface area contributed by atoms with Crippen LogP contribution < -0.4 is 9.47 Å². The Balaban J connectivity index is 1.41. The predicted molar refractivity (Wildman–Crippen MR) is 152 cm³/mol. The van der Waals surface area contributed by atoms with E-state index < -0.39 is 17.7 Å². The Labute approximate surface area is 233 Å². The lowest BCUT2D eigenvalue weighted by Gasteiger charge is -2.26. The van der Waals surface area contributed by atoms with E-state index in [9.17, 15) is 14.7 Å². The molecule has 6 rings (SSSR count). The van der Waals surface area contributed by atoms with Gasteiger partial charge in [0.05, 0.1) is 11.6 Å². The van der Waals surface area contributed by atoms with Gasteiger partial charge in [-0.25, -0.2) is 0 Å². The van der Waals surface area contributed by atoms with Crippen molar-refractivity contribution < 1.29 is 24.2 Å². The van der Waals surface area contributed by atoms with Gasteiger partial charge in [0.2, 0.25) is 0 Å². The number of Topliss-reactive ketones (excluding diaryl/α,β-unsaturated/α-hetero) is 1. The zero-order valence-corrected chi connectivity index (χ0v) is 22.1. The van der Waals surface area contributed by atoms with Crippen LogP contribution in [0.15, 0.2) is 109 Å². The van der Waals surface area contributed by atoms with Crippen LogP contribution in [0.3, 0.4) is 0 Å². The Hall–Kier alpha value is -4.84. The number of aliphatic hydroxyl groups is 1. The van der Waals surface area contributed by atoms with Crippen LogP contribution in [-0.4, -0.2) is 27.8 Å². The number of hydrogen-bond acceptors (Lipinski definition) is 5. The highest BCUT2D eigenvalue weighted by Crippen LogP contribution is 2.42. The summed E-state index contributed by atoms with van der Waals surface area (Å²) in [6.45, 7) is 2.59.